The average Bonchev–Trinajstić information content (AvgIpc) is 3.01. The van der Waals surface area contributed by atoms with Crippen molar-refractivity contribution in [1.82, 2.24) is 4.98 Å². The summed E-state index contributed by atoms with van der Waals surface area (Å²) in [4.78, 5) is 26.8. The molecule has 1 N–H and O–H groups in total. The van der Waals surface area contributed by atoms with Gasteiger partial charge in [-0.05, 0) is 13.0 Å². The molecule has 2 rings (SSSR count). The molecule has 0 aliphatic rings. The van der Waals surface area contributed by atoms with Crippen molar-refractivity contribution in [3.63, 3.8) is 0 Å². The highest BCUT2D eigenvalue weighted by Crippen LogP contribution is 2.30. The molecule has 0 spiro atoms. The van der Waals surface area contributed by atoms with Crippen LogP contribution in [0.4, 0.5) is 0 Å². The molecule has 0 fully saturated rings. The molecule has 20 heavy (non-hydrogen) atoms. The van der Waals surface area contributed by atoms with E-state index in [1.807, 2.05) is 0 Å². The summed E-state index contributed by atoms with van der Waals surface area (Å²) in [6.45, 7) is 1.65. The van der Waals surface area contributed by atoms with Gasteiger partial charge in [0.1, 0.15) is 4.88 Å². The molecule has 106 valence electrons. The molecule has 2 heterocycles. The molecule has 0 atom stereocenters. The van der Waals surface area contributed by atoms with Crippen molar-refractivity contribution in [3.05, 3.63) is 34.2 Å². The summed E-state index contributed by atoms with van der Waals surface area (Å²) in [5, 5.41) is 8.96. The van der Waals surface area contributed by atoms with Crippen LogP contribution in [0.5, 0.6) is 0 Å². The van der Waals surface area contributed by atoms with Gasteiger partial charge in [0.15, 0.2) is 4.34 Å². The highest BCUT2D eigenvalue weighted by molar-refractivity contribution is 8.00. The van der Waals surface area contributed by atoms with Crippen molar-refractivity contribution in [1.29, 1.82) is 0 Å². The largest absolute Gasteiger partial charge is 0.477 e. The number of aromatic nitrogens is 1. The van der Waals surface area contributed by atoms with E-state index in [1.165, 1.54) is 25.1 Å². The van der Waals surface area contributed by atoms with E-state index in [0.717, 1.165) is 11.3 Å². The number of hydrogen-bond donors (Lipinski definition) is 1. The lowest BCUT2D eigenvalue weighted by Gasteiger charge is -1.99. The van der Waals surface area contributed by atoms with Crippen LogP contribution < -0.4 is 0 Å². The van der Waals surface area contributed by atoms with Crippen molar-refractivity contribution < 1.29 is 23.8 Å². The molecule has 0 aliphatic carbocycles. The number of carbonyl (C=O) groups excluding carboxylic acids is 1. The minimum absolute atomic E-state index is 0.159. The van der Waals surface area contributed by atoms with E-state index in [2.05, 4.69) is 9.72 Å². The van der Waals surface area contributed by atoms with Gasteiger partial charge in [-0.2, -0.15) is 0 Å². The second kappa shape index (κ2) is 6.10. The lowest BCUT2D eigenvalue weighted by atomic mass is 10.3. The van der Waals surface area contributed by atoms with E-state index < -0.39 is 11.9 Å². The van der Waals surface area contributed by atoms with E-state index in [1.54, 1.807) is 13.0 Å². The minimum atomic E-state index is -0.981. The lowest BCUT2D eigenvalue weighted by Crippen LogP contribution is -2.02. The number of furan rings is 1. The highest BCUT2D eigenvalue weighted by atomic mass is 32.2. The molecule has 0 aliphatic heterocycles. The molecule has 2 aromatic heterocycles. The number of carboxylic acids is 1. The van der Waals surface area contributed by atoms with E-state index in [0.29, 0.717) is 21.3 Å². The lowest BCUT2D eigenvalue weighted by molar-refractivity contribution is 0.0563. The number of nitrogens with zero attached hydrogens (tertiary/aromatic N) is 1. The molecule has 0 saturated carbocycles. The molecule has 0 amide bonds. The number of aromatic carboxylic acids is 1. The Balaban J connectivity index is 2.09. The smallest absolute Gasteiger partial charge is 0.374 e. The zero-order valence-corrected chi connectivity index (χ0v) is 12.3. The van der Waals surface area contributed by atoms with Crippen molar-refractivity contribution >= 4 is 35.0 Å². The van der Waals surface area contributed by atoms with Gasteiger partial charge in [0, 0.05) is 11.3 Å². The van der Waals surface area contributed by atoms with Crippen LogP contribution in [0.2, 0.25) is 0 Å². The third kappa shape index (κ3) is 3.02. The highest BCUT2D eigenvalue weighted by Gasteiger charge is 2.18. The average molecular weight is 313 g/mol. The molecular formula is C12H11NO5S2. The maximum atomic E-state index is 11.4. The Bertz CT molecular complexity index is 646. The molecule has 0 unspecified atom stereocenters. The van der Waals surface area contributed by atoms with Gasteiger partial charge >= 0.3 is 11.9 Å². The van der Waals surface area contributed by atoms with Crippen molar-refractivity contribution in [3.8, 4) is 0 Å². The topological polar surface area (TPSA) is 89.6 Å². The zero-order chi connectivity index (χ0) is 14.7. The van der Waals surface area contributed by atoms with Gasteiger partial charge in [-0.15, -0.1) is 11.3 Å². The van der Waals surface area contributed by atoms with Gasteiger partial charge < -0.3 is 14.3 Å². The second-order valence-electron chi connectivity index (χ2n) is 3.75. The van der Waals surface area contributed by atoms with Crippen molar-refractivity contribution in [2.45, 2.75) is 17.0 Å². The maximum Gasteiger partial charge on any atom is 0.374 e. The number of hydrogen-bond acceptors (Lipinski definition) is 7. The number of ether oxygens (including phenoxy) is 1. The third-order valence-corrected chi connectivity index (χ3v) is 4.78. The normalized spacial score (nSPS) is 10.5. The van der Waals surface area contributed by atoms with Gasteiger partial charge in [-0.25, -0.2) is 14.6 Å². The molecule has 8 heteroatoms. The third-order valence-electron chi connectivity index (χ3n) is 2.44. The van der Waals surface area contributed by atoms with E-state index >= 15 is 0 Å². The van der Waals surface area contributed by atoms with Gasteiger partial charge in [-0.3, -0.25) is 0 Å². The monoisotopic (exact) mass is 313 g/mol. The van der Waals surface area contributed by atoms with E-state index in [4.69, 9.17) is 9.52 Å². The van der Waals surface area contributed by atoms with Gasteiger partial charge in [-0.1, -0.05) is 11.8 Å². The summed E-state index contributed by atoms with van der Waals surface area (Å²) in [5.41, 5.74) is 1.18. The Morgan fingerprint density at radius 2 is 2.30 bits per heavy atom. The number of carboxylic acid groups (broad SMARTS) is 1. The molecule has 0 bridgehead atoms. The number of thioether (sulfide) groups is 1. The summed E-state index contributed by atoms with van der Waals surface area (Å²) in [6, 6.07) is 1.68. The number of esters is 1. The van der Waals surface area contributed by atoms with Gasteiger partial charge in [0.25, 0.3) is 0 Å². The molecule has 0 saturated heterocycles. The number of thiazole rings is 1. The number of methoxy groups -OCH3 is 1. The Morgan fingerprint density at radius 1 is 1.55 bits per heavy atom. The van der Waals surface area contributed by atoms with Crippen LogP contribution in [-0.2, 0) is 10.5 Å². The fraction of sp³-hybridized carbons (Fsp3) is 0.250. The minimum Gasteiger partial charge on any atom is -0.477 e. The van der Waals surface area contributed by atoms with Gasteiger partial charge in [0.2, 0.25) is 5.76 Å². The Hall–Kier alpha value is -1.80. The quantitative estimate of drug-likeness (QED) is 0.670. The first kappa shape index (κ1) is 14.6. The number of aryl methyl sites for hydroxylation is 1. The Labute approximate surface area is 122 Å². The van der Waals surface area contributed by atoms with E-state index in [9.17, 15) is 9.59 Å². The summed E-state index contributed by atoms with van der Waals surface area (Å²) < 4.78 is 10.3. The Morgan fingerprint density at radius 3 is 2.90 bits per heavy atom. The SMILES string of the molecule is COC(=O)c1occc1CSc1nc(C)c(C(=O)O)s1. The van der Waals surface area contributed by atoms with E-state index in [-0.39, 0.29) is 10.6 Å². The van der Waals surface area contributed by atoms with Crippen LogP contribution in [0.1, 0.15) is 31.5 Å². The summed E-state index contributed by atoms with van der Waals surface area (Å²) in [7, 11) is 1.28. The van der Waals surface area contributed by atoms with Crippen LogP contribution in [-0.4, -0.2) is 29.1 Å². The summed E-state index contributed by atoms with van der Waals surface area (Å²) in [5.74, 6) is -0.906. The fourth-order valence-electron chi connectivity index (χ4n) is 1.49. The Kier molecular flexibility index (Phi) is 4.46. The second-order valence-corrected chi connectivity index (χ2v) is 5.98. The number of rotatable bonds is 5. The molecule has 6 nitrogen and oxygen atoms in total. The van der Waals surface area contributed by atoms with Crippen LogP contribution in [0.25, 0.3) is 0 Å². The predicted octanol–water partition coefficient (Wildman–Crippen LogP) is 2.82. The zero-order valence-electron chi connectivity index (χ0n) is 10.7. The fourth-order valence-corrected chi connectivity index (χ4v) is 3.50. The van der Waals surface area contributed by atoms with Crippen LogP contribution in [0.3, 0.4) is 0 Å². The molecule has 0 radical (unpaired) electrons. The molecule has 2 aromatic rings. The summed E-state index contributed by atoms with van der Waals surface area (Å²) in [6.07, 6.45) is 1.41. The van der Waals surface area contributed by atoms with Crippen LogP contribution >= 0.6 is 23.1 Å². The van der Waals surface area contributed by atoms with Crippen LogP contribution in [0.15, 0.2) is 21.1 Å². The van der Waals surface area contributed by atoms with Crippen molar-refractivity contribution in [2.75, 3.05) is 7.11 Å². The predicted molar refractivity (Wildman–Crippen MR) is 73.4 cm³/mol. The van der Waals surface area contributed by atoms with Gasteiger partial charge in [0.05, 0.1) is 19.1 Å². The standard InChI is InChI=1S/C12H11NO5S2/c1-6-9(10(14)15)20-12(13-6)19-5-7-3-4-18-8(7)11(16)17-2/h3-4H,5H2,1-2H3,(H,14,15). The number of carbonyl (C=O) groups is 2. The first-order valence-corrected chi connectivity index (χ1v) is 7.31. The van der Waals surface area contributed by atoms with Crippen LogP contribution in [0, 0.1) is 6.92 Å². The first-order chi connectivity index (χ1) is 9.52. The first-order valence-electron chi connectivity index (χ1n) is 5.51. The maximum absolute atomic E-state index is 11.4. The molecular weight excluding hydrogens is 302 g/mol. The summed E-state index contributed by atoms with van der Waals surface area (Å²) >= 11 is 2.46. The van der Waals surface area contributed by atoms with Crippen molar-refractivity contribution in [2.24, 2.45) is 0 Å². The molecule has 0 aromatic carbocycles.